The van der Waals surface area contributed by atoms with E-state index in [0.717, 1.165) is 48.7 Å². The van der Waals surface area contributed by atoms with Gasteiger partial charge in [-0.1, -0.05) is 27.5 Å². The third kappa shape index (κ3) is 2.99. The summed E-state index contributed by atoms with van der Waals surface area (Å²) in [5.74, 6) is 1.63. The Morgan fingerprint density at radius 2 is 1.92 bits per heavy atom. The van der Waals surface area contributed by atoms with E-state index in [1.165, 1.54) is 6.42 Å². The van der Waals surface area contributed by atoms with Gasteiger partial charge in [0.15, 0.2) is 0 Å². The first-order valence-electron chi connectivity index (χ1n) is 8.62. The van der Waals surface area contributed by atoms with Gasteiger partial charge in [0.2, 0.25) is 17.6 Å². The summed E-state index contributed by atoms with van der Waals surface area (Å²) >= 11 is 3.43. The molecule has 4 rings (SSSR count). The third-order valence-corrected chi connectivity index (χ3v) is 5.60. The normalized spacial score (nSPS) is 21.5. The summed E-state index contributed by atoms with van der Waals surface area (Å²) in [4.78, 5) is 19.3. The molecule has 0 bridgehead atoms. The fourth-order valence-corrected chi connectivity index (χ4v) is 3.69. The van der Waals surface area contributed by atoms with Crippen LogP contribution in [-0.4, -0.2) is 27.5 Å². The Morgan fingerprint density at radius 3 is 2.62 bits per heavy atom. The summed E-state index contributed by atoms with van der Waals surface area (Å²) in [6.45, 7) is 0.802. The number of halogens is 1. The lowest BCUT2D eigenvalue weighted by Gasteiger charge is -2.38. The number of carbonyl (C=O) groups excluding carboxylic acids is 1. The molecule has 1 saturated carbocycles. The van der Waals surface area contributed by atoms with E-state index in [4.69, 9.17) is 4.52 Å². The van der Waals surface area contributed by atoms with Crippen molar-refractivity contribution < 1.29 is 9.32 Å². The number of carbonyl (C=O) groups is 1. The summed E-state index contributed by atoms with van der Waals surface area (Å²) in [6.07, 6.45) is 6.27. The van der Waals surface area contributed by atoms with E-state index < -0.39 is 0 Å². The van der Waals surface area contributed by atoms with Gasteiger partial charge in [-0.15, -0.1) is 0 Å². The van der Waals surface area contributed by atoms with Crippen molar-refractivity contribution in [3.05, 3.63) is 34.6 Å². The average molecular weight is 390 g/mol. The van der Waals surface area contributed by atoms with Crippen LogP contribution >= 0.6 is 15.9 Å². The number of amides is 1. The molecule has 2 aromatic rings. The first-order chi connectivity index (χ1) is 11.7. The Balaban J connectivity index is 1.57. The molecule has 1 saturated heterocycles. The molecule has 1 atom stereocenters. The first kappa shape index (κ1) is 15.8. The second-order valence-corrected chi connectivity index (χ2v) is 7.55. The van der Waals surface area contributed by atoms with Crippen LogP contribution in [0.5, 0.6) is 0 Å². The van der Waals surface area contributed by atoms with Crippen LogP contribution in [0.3, 0.4) is 0 Å². The van der Waals surface area contributed by atoms with E-state index in [1.54, 1.807) is 0 Å². The van der Waals surface area contributed by atoms with Gasteiger partial charge >= 0.3 is 0 Å². The fourth-order valence-electron chi connectivity index (χ4n) is 3.43. The molecule has 1 aliphatic heterocycles. The molecule has 6 heteroatoms. The number of hydrogen-bond donors (Lipinski definition) is 0. The molecule has 126 valence electrons. The predicted octanol–water partition coefficient (Wildman–Crippen LogP) is 4.35. The summed E-state index contributed by atoms with van der Waals surface area (Å²) in [5.41, 5.74) is 0.917. The number of piperidine rings is 1. The summed E-state index contributed by atoms with van der Waals surface area (Å²) in [5, 5.41) is 4.12. The molecule has 0 spiro atoms. The second-order valence-electron chi connectivity index (χ2n) is 6.63. The molecule has 1 aliphatic carbocycles. The minimum absolute atomic E-state index is 0.0662. The standard InChI is InChI=1S/C18H20BrN3O2/c19-14-9-7-12(8-10-14)16-20-17(24-21-16)15-6-1-2-11-22(15)18(23)13-4-3-5-13/h7-10,13,15H,1-6,11H2. The maximum atomic E-state index is 12.7. The Bertz CT molecular complexity index is 724. The first-order valence-corrected chi connectivity index (χ1v) is 9.42. The highest BCUT2D eigenvalue weighted by Gasteiger charge is 2.37. The number of benzene rings is 1. The Labute approximate surface area is 149 Å². The van der Waals surface area contributed by atoms with Crippen LogP contribution in [0.1, 0.15) is 50.5 Å². The highest BCUT2D eigenvalue weighted by Crippen LogP contribution is 2.36. The summed E-state index contributed by atoms with van der Waals surface area (Å²) in [7, 11) is 0. The van der Waals surface area contributed by atoms with Crippen LogP contribution in [0, 0.1) is 5.92 Å². The second kappa shape index (κ2) is 6.67. The minimum Gasteiger partial charge on any atom is -0.337 e. The van der Waals surface area contributed by atoms with E-state index in [1.807, 2.05) is 29.2 Å². The molecular formula is C18H20BrN3O2. The average Bonchev–Trinajstić information content (AvgIpc) is 3.04. The fraction of sp³-hybridized carbons (Fsp3) is 0.500. The van der Waals surface area contributed by atoms with Crippen LogP contribution in [0.4, 0.5) is 0 Å². The van der Waals surface area contributed by atoms with E-state index >= 15 is 0 Å². The Morgan fingerprint density at radius 1 is 1.12 bits per heavy atom. The van der Waals surface area contributed by atoms with Gasteiger partial charge in [0.25, 0.3) is 0 Å². The quantitative estimate of drug-likeness (QED) is 0.782. The lowest BCUT2D eigenvalue weighted by molar-refractivity contribution is -0.142. The predicted molar refractivity (Wildman–Crippen MR) is 93.1 cm³/mol. The molecule has 0 N–H and O–H groups in total. The number of likely N-dealkylation sites (tertiary alicyclic amines) is 1. The van der Waals surface area contributed by atoms with Crippen molar-refractivity contribution in [1.29, 1.82) is 0 Å². The largest absolute Gasteiger partial charge is 0.337 e. The Hall–Kier alpha value is -1.69. The molecule has 5 nitrogen and oxygen atoms in total. The number of rotatable bonds is 3. The molecule has 24 heavy (non-hydrogen) atoms. The highest BCUT2D eigenvalue weighted by molar-refractivity contribution is 9.10. The molecule has 1 aromatic heterocycles. The SMILES string of the molecule is O=C(C1CCC1)N1CCCCC1c1nc(-c2ccc(Br)cc2)no1. The van der Waals surface area contributed by atoms with Crippen molar-refractivity contribution in [2.45, 2.75) is 44.6 Å². The van der Waals surface area contributed by atoms with E-state index in [-0.39, 0.29) is 17.9 Å². The zero-order valence-electron chi connectivity index (χ0n) is 13.4. The van der Waals surface area contributed by atoms with Gasteiger partial charge in [-0.05, 0) is 56.4 Å². The molecule has 1 aromatic carbocycles. The van der Waals surface area contributed by atoms with E-state index in [9.17, 15) is 4.79 Å². The maximum Gasteiger partial charge on any atom is 0.249 e. The molecule has 0 radical (unpaired) electrons. The molecule has 2 aliphatic rings. The van der Waals surface area contributed by atoms with Crippen LogP contribution in [0.2, 0.25) is 0 Å². The van der Waals surface area contributed by atoms with Crippen LogP contribution in [-0.2, 0) is 4.79 Å². The van der Waals surface area contributed by atoms with Crippen molar-refractivity contribution in [3.8, 4) is 11.4 Å². The summed E-state index contributed by atoms with van der Waals surface area (Å²) in [6, 6.07) is 7.76. The maximum absolute atomic E-state index is 12.7. The van der Waals surface area contributed by atoms with Gasteiger partial charge in [-0.25, -0.2) is 0 Å². The Kier molecular flexibility index (Phi) is 4.39. The lowest BCUT2D eigenvalue weighted by atomic mass is 9.83. The van der Waals surface area contributed by atoms with Gasteiger partial charge in [0, 0.05) is 22.5 Å². The zero-order chi connectivity index (χ0) is 16.5. The monoisotopic (exact) mass is 389 g/mol. The van der Waals surface area contributed by atoms with Crippen LogP contribution < -0.4 is 0 Å². The van der Waals surface area contributed by atoms with Gasteiger partial charge in [-0.2, -0.15) is 4.98 Å². The van der Waals surface area contributed by atoms with Crippen molar-refractivity contribution in [3.63, 3.8) is 0 Å². The molecule has 1 amide bonds. The van der Waals surface area contributed by atoms with Gasteiger partial charge < -0.3 is 9.42 Å². The molecular weight excluding hydrogens is 370 g/mol. The van der Waals surface area contributed by atoms with Gasteiger partial charge in [-0.3, -0.25) is 4.79 Å². The number of aromatic nitrogens is 2. The molecule has 1 unspecified atom stereocenters. The lowest BCUT2D eigenvalue weighted by Crippen LogP contribution is -2.43. The van der Waals surface area contributed by atoms with Crippen molar-refractivity contribution in [2.75, 3.05) is 6.54 Å². The van der Waals surface area contributed by atoms with Crippen LogP contribution in [0.15, 0.2) is 33.3 Å². The number of hydrogen-bond acceptors (Lipinski definition) is 4. The summed E-state index contributed by atoms with van der Waals surface area (Å²) < 4.78 is 6.55. The molecule has 2 fully saturated rings. The van der Waals surface area contributed by atoms with Crippen molar-refractivity contribution in [1.82, 2.24) is 15.0 Å². The third-order valence-electron chi connectivity index (χ3n) is 5.07. The van der Waals surface area contributed by atoms with Crippen LogP contribution in [0.25, 0.3) is 11.4 Å². The van der Waals surface area contributed by atoms with Gasteiger partial charge in [0.05, 0.1) is 0 Å². The highest BCUT2D eigenvalue weighted by atomic mass is 79.9. The van der Waals surface area contributed by atoms with Crippen molar-refractivity contribution >= 4 is 21.8 Å². The molecule has 2 heterocycles. The van der Waals surface area contributed by atoms with E-state index in [0.29, 0.717) is 11.7 Å². The zero-order valence-corrected chi connectivity index (χ0v) is 15.0. The van der Waals surface area contributed by atoms with Gasteiger partial charge in [0.1, 0.15) is 6.04 Å². The van der Waals surface area contributed by atoms with E-state index in [2.05, 4.69) is 26.1 Å². The van der Waals surface area contributed by atoms with Crippen molar-refractivity contribution in [2.24, 2.45) is 5.92 Å². The smallest absolute Gasteiger partial charge is 0.249 e. The topological polar surface area (TPSA) is 59.2 Å². The number of nitrogens with zero attached hydrogens (tertiary/aromatic N) is 3. The minimum atomic E-state index is -0.0662.